The summed E-state index contributed by atoms with van der Waals surface area (Å²) >= 11 is 9.42. The predicted molar refractivity (Wildman–Crippen MR) is 74.1 cm³/mol. The van der Waals surface area contributed by atoms with Crippen molar-refractivity contribution in [1.82, 2.24) is 9.71 Å². The molecule has 1 aromatic heterocycles. The minimum absolute atomic E-state index is 0.122. The van der Waals surface area contributed by atoms with Gasteiger partial charge in [0.2, 0.25) is 0 Å². The van der Waals surface area contributed by atoms with Gasteiger partial charge >= 0.3 is 6.18 Å². The van der Waals surface area contributed by atoms with E-state index in [-0.39, 0.29) is 10.0 Å². The van der Waals surface area contributed by atoms with Gasteiger partial charge in [-0.2, -0.15) is 13.2 Å². The van der Waals surface area contributed by atoms with Crippen molar-refractivity contribution >= 4 is 34.6 Å². The number of nitrogens with one attached hydrogen (secondary N) is 1. The molecule has 9 heteroatoms. The van der Waals surface area contributed by atoms with Gasteiger partial charge in [0.05, 0.1) is 15.7 Å². The molecular formula is C11H13Cl2F3N2OS. The van der Waals surface area contributed by atoms with E-state index in [1.54, 1.807) is 20.8 Å². The molecule has 0 aromatic carbocycles. The molecule has 2 atom stereocenters. The summed E-state index contributed by atoms with van der Waals surface area (Å²) in [7, 11) is 0. The zero-order valence-corrected chi connectivity index (χ0v) is 13.2. The number of halogens is 5. The average Bonchev–Trinajstić information content (AvgIpc) is 2.23. The van der Waals surface area contributed by atoms with Crippen molar-refractivity contribution in [2.45, 2.75) is 37.7 Å². The van der Waals surface area contributed by atoms with Gasteiger partial charge in [-0.15, -0.1) is 4.72 Å². The van der Waals surface area contributed by atoms with Crippen LogP contribution in [0, 0.1) is 0 Å². The molecule has 0 fully saturated rings. The molecule has 0 aliphatic heterocycles. The molecule has 0 aliphatic carbocycles. The molecule has 0 saturated carbocycles. The first-order valence-corrected chi connectivity index (χ1v) is 7.39. The minimum atomic E-state index is -4.69. The summed E-state index contributed by atoms with van der Waals surface area (Å²) in [5.41, 5.74) is -0.457. The molecule has 0 saturated heterocycles. The zero-order valence-electron chi connectivity index (χ0n) is 10.9. The lowest BCUT2D eigenvalue weighted by Crippen LogP contribution is -2.46. The smallest absolute Gasteiger partial charge is 0.413 e. The van der Waals surface area contributed by atoms with E-state index in [1.165, 1.54) is 0 Å². The van der Waals surface area contributed by atoms with Crippen molar-refractivity contribution in [2.75, 3.05) is 0 Å². The van der Waals surface area contributed by atoms with Crippen molar-refractivity contribution in [3.8, 4) is 0 Å². The Hall–Kier alpha value is -0.210. The molecule has 3 nitrogen and oxygen atoms in total. The first kappa shape index (κ1) is 17.8. The van der Waals surface area contributed by atoms with Crippen LogP contribution in [0.25, 0.3) is 0 Å². The fraction of sp³-hybridized carbons (Fsp3) is 0.545. The quantitative estimate of drug-likeness (QED) is 0.838. The molecule has 20 heavy (non-hydrogen) atoms. The minimum Gasteiger partial charge on any atom is -0.598 e. The lowest BCUT2D eigenvalue weighted by molar-refractivity contribution is -0.153. The van der Waals surface area contributed by atoms with E-state index < -0.39 is 34.0 Å². The van der Waals surface area contributed by atoms with Gasteiger partial charge in [0, 0.05) is 17.6 Å². The highest BCUT2D eigenvalue weighted by molar-refractivity contribution is 7.90. The van der Waals surface area contributed by atoms with Crippen LogP contribution in [0.1, 0.15) is 32.5 Å². The molecule has 1 N–H and O–H groups in total. The van der Waals surface area contributed by atoms with Crippen LogP contribution in [0.3, 0.4) is 0 Å². The summed E-state index contributed by atoms with van der Waals surface area (Å²) in [6.45, 7) is 4.67. The molecule has 0 amide bonds. The third kappa shape index (κ3) is 4.66. The fourth-order valence-electron chi connectivity index (χ4n) is 1.20. The van der Waals surface area contributed by atoms with Crippen LogP contribution in [0.5, 0.6) is 0 Å². The Morgan fingerprint density at radius 2 is 1.85 bits per heavy atom. The van der Waals surface area contributed by atoms with Gasteiger partial charge in [-0.25, -0.2) is 0 Å². The van der Waals surface area contributed by atoms with Crippen LogP contribution in [0.2, 0.25) is 10.0 Å². The molecular weight excluding hydrogens is 336 g/mol. The number of nitrogens with zero attached hydrogens (tertiary/aromatic N) is 1. The summed E-state index contributed by atoms with van der Waals surface area (Å²) in [4.78, 5) is 3.60. The van der Waals surface area contributed by atoms with Crippen LogP contribution in [0.4, 0.5) is 13.2 Å². The highest BCUT2D eigenvalue weighted by Crippen LogP contribution is 2.37. The summed E-state index contributed by atoms with van der Waals surface area (Å²) in [5, 5.41) is -0.116. The second kappa shape index (κ2) is 6.27. The van der Waals surface area contributed by atoms with Gasteiger partial charge in [0.15, 0.2) is 6.04 Å². The molecule has 0 aliphatic rings. The van der Waals surface area contributed by atoms with E-state index >= 15 is 0 Å². The summed E-state index contributed by atoms with van der Waals surface area (Å²) in [6.07, 6.45) is -3.63. The Morgan fingerprint density at radius 1 is 1.30 bits per heavy atom. The number of rotatable bonds is 3. The maximum absolute atomic E-state index is 13.1. The van der Waals surface area contributed by atoms with Gasteiger partial charge in [0.1, 0.15) is 4.75 Å². The van der Waals surface area contributed by atoms with Crippen LogP contribution >= 0.6 is 23.2 Å². The summed E-state index contributed by atoms with van der Waals surface area (Å²) in [6, 6.07) is -1.07. The lowest BCUT2D eigenvalue weighted by Gasteiger charge is -2.29. The fourth-order valence-corrected chi connectivity index (χ4v) is 2.50. The number of aromatic nitrogens is 1. The van der Waals surface area contributed by atoms with E-state index in [0.29, 0.717) is 0 Å². The molecule has 114 valence electrons. The van der Waals surface area contributed by atoms with Crippen LogP contribution in [0.15, 0.2) is 12.3 Å². The van der Waals surface area contributed by atoms with Crippen LogP contribution in [-0.4, -0.2) is 20.5 Å². The maximum Gasteiger partial charge on any atom is 0.413 e. The van der Waals surface area contributed by atoms with Crippen LogP contribution < -0.4 is 4.72 Å². The SMILES string of the molecule is CC(C)(C)[S@+]([O-])NC(c1ncc(Cl)cc1Cl)C(F)(F)F. The van der Waals surface area contributed by atoms with E-state index in [0.717, 1.165) is 12.3 Å². The second-order valence-electron chi connectivity index (χ2n) is 4.99. The monoisotopic (exact) mass is 348 g/mol. The second-order valence-corrected chi connectivity index (χ2v) is 7.84. The van der Waals surface area contributed by atoms with Crippen molar-refractivity contribution < 1.29 is 17.7 Å². The molecule has 0 spiro atoms. The Morgan fingerprint density at radius 3 is 2.25 bits per heavy atom. The van der Waals surface area contributed by atoms with E-state index in [4.69, 9.17) is 23.2 Å². The number of hydrogen-bond acceptors (Lipinski definition) is 3. The van der Waals surface area contributed by atoms with E-state index in [1.807, 2.05) is 4.72 Å². The highest BCUT2D eigenvalue weighted by Gasteiger charge is 2.47. The molecule has 0 bridgehead atoms. The Bertz CT molecular complexity index is 480. The number of pyridine rings is 1. The first-order chi connectivity index (χ1) is 8.93. The molecule has 0 radical (unpaired) electrons. The molecule has 1 unspecified atom stereocenters. The lowest BCUT2D eigenvalue weighted by atomic mass is 10.2. The van der Waals surface area contributed by atoms with Gasteiger partial charge in [0.25, 0.3) is 0 Å². The van der Waals surface area contributed by atoms with Gasteiger partial charge < -0.3 is 4.55 Å². The van der Waals surface area contributed by atoms with Crippen molar-refractivity contribution in [1.29, 1.82) is 0 Å². The number of hydrogen-bond donors (Lipinski definition) is 1. The Kier molecular flexibility index (Phi) is 5.60. The number of alkyl halides is 3. The van der Waals surface area contributed by atoms with Gasteiger partial charge in [-0.1, -0.05) is 23.2 Å². The molecule has 1 heterocycles. The molecule has 1 aromatic rings. The third-order valence-corrected chi connectivity index (χ3v) is 4.29. The van der Waals surface area contributed by atoms with Gasteiger partial charge in [-0.05, 0) is 26.8 Å². The first-order valence-electron chi connectivity index (χ1n) is 5.48. The van der Waals surface area contributed by atoms with Crippen LogP contribution in [-0.2, 0) is 11.4 Å². The standard InChI is InChI=1S/C11H13Cl2F3N2OS/c1-10(2,3)20(19)18-9(11(14,15)16)8-7(13)4-6(12)5-17-8/h4-5,9,18H,1-3H3/t9?,20-/m0/s1. The van der Waals surface area contributed by atoms with Crippen molar-refractivity contribution in [3.05, 3.63) is 28.0 Å². The van der Waals surface area contributed by atoms with Crippen molar-refractivity contribution in [3.63, 3.8) is 0 Å². The summed E-state index contributed by atoms with van der Waals surface area (Å²) < 4.78 is 52.4. The predicted octanol–water partition coefficient (Wildman–Crippen LogP) is 4.04. The van der Waals surface area contributed by atoms with Crippen molar-refractivity contribution in [2.24, 2.45) is 0 Å². The maximum atomic E-state index is 13.1. The highest BCUT2D eigenvalue weighted by atomic mass is 35.5. The van der Waals surface area contributed by atoms with E-state index in [2.05, 4.69) is 4.98 Å². The third-order valence-electron chi connectivity index (χ3n) is 2.22. The average molecular weight is 349 g/mol. The summed E-state index contributed by atoms with van der Waals surface area (Å²) in [5.74, 6) is 0. The van der Waals surface area contributed by atoms with Gasteiger partial charge in [-0.3, -0.25) is 4.98 Å². The topological polar surface area (TPSA) is 48.0 Å². The Balaban J connectivity index is 3.14. The largest absolute Gasteiger partial charge is 0.598 e. The van der Waals surface area contributed by atoms with E-state index in [9.17, 15) is 17.7 Å². The Labute approximate surface area is 128 Å². The molecule has 1 rings (SSSR count). The normalized spacial score (nSPS) is 16.1. The zero-order chi connectivity index (χ0) is 15.7.